The summed E-state index contributed by atoms with van der Waals surface area (Å²) in [6, 6.07) is 22.7. The smallest absolute Gasteiger partial charge is 0.330 e. The Bertz CT molecular complexity index is 1690. The molecule has 12 heteroatoms. The number of aryl methyl sites for hydroxylation is 1. The number of H-pyrrole nitrogens is 1. The van der Waals surface area contributed by atoms with E-state index in [1.807, 2.05) is 68.8 Å². The minimum Gasteiger partial charge on any atom is -0.405 e. The second-order valence-electron chi connectivity index (χ2n) is 14.9. The average Bonchev–Trinajstić information content (AvgIpc) is 3.38. The molecule has 0 amide bonds. The Kier molecular flexibility index (Phi) is 13.0. The van der Waals surface area contributed by atoms with Crippen molar-refractivity contribution >= 4 is 27.2 Å². The third-order valence-corrected chi connectivity index (χ3v) is 16.4. The summed E-state index contributed by atoms with van der Waals surface area (Å²) in [7, 11) is -5.21. The van der Waals surface area contributed by atoms with Gasteiger partial charge in [-0.3, -0.25) is 14.3 Å². The third-order valence-electron chi connectivity index (χ3n) is 9.57. The van der Waals surface area contributed by atoms with Gasteiger partial charge in [-0.1, -0.05) is 87.5 Å². The summed E-state index contributed by atoms with van der Waals surface area (Å²) in [5.74, 6) is -0.461. The second-order valence-corrected chi connectivity index (χ2v) is 20.4. The van der Waals surface area contributed by atoms with E-state index in [0.29, 0.717) is 24.8 Å². The van der Waals surface area contributed by atoms with Gasteiger partial charge in [-0.2, -0.15) is 5.26 Å². The number of allylic oxidation sites excluding steroid dienone is 1. The Morgan fingerprint density at radius 1 is 1.10 bits per heavy atom. The van der Waals surface area contributed by atoms with Crippen molar-refractivity contribution in [3.8, 4) is 6.07 Å². The summed E-state index contributed by atoms with van der Waals surface area (Å²) in [5.41, 5.74) is -1.25. The summed E-state index contributed by atoms with van der Waals surface area (Å²) < 4.78 is 24.1. The fourth-order valence-corrected chi connectivity index (χ4v) is 13.4. The molecule has 3 aromatic rings. The third kappa shape index (κ3) is 8.29. The van der Waals surface area contributed by atoms with Crippen molar-refractivity contribution in [2.45, 2.75) is 110 Å². The summed E-state index contributed by atoms with van der Waals surface area (Å²) in [5, 5.41) is 11.3. The Morgan fingerprint density at radius 2 is 1.68 bits per heavy atom. The SMILES string of the molecule is C=CC[C@@H]1[C@H](OP(O)N(C(C)C)C(C)(C)CCC#N)[C@@H](CO[Si](c2ccccc2)(c2ccccc2)C(C)(C)C)O[C@H]1n1cc(C)c(=O)[nH]c1=O. The Hall–Kier alpha value is -3.20. The highest BCUT2D eigenvalue weighted by Crippen LogP contribution is 2.51. The molecule has 50 heavy (non-hydrogen) atoms. The van der Waals surface area contributed by atoms with Crippen LogP contribution in [0.5, 0.6) is 0 Å². The van der Waals surface area contributed by atoms with Crippen molar-refractivity contribution in [1.82, 2.24) is 14.2 Å². The molecular weight excluding hydrogens is 668 g/mol. The van der Waals surface area contributed by atoms with Gasteiger partial charge in [0.1, 0.15) is 18.4 Å². The minimum absolute atomic E-state index is 0.105. The van der Waals surface area contributed by atoms with E-state index in [4.69, 9.17) is 13.7 Å². The topological polar surface area (TPSA) is 130 Å². The molecule has 0 aliphatic carbocycles. The molecule has 2 heterocycles. The number of hydrogen-bond acceptors (Lipinski definition) is 8. The van der Waals surface area contributed by atoms with Crippen LogP contribution in [0.2, 0.25) is 5.04 Å². The lowest BCUT2D eigenvalue weighted by atomic mass is 9.96. The Labute approximate surface area is 298 Å². The number of nitrogens with zero attached hydrogens (tertiary/aromatic N) is 3. The van der Waals surface area contributed by atoms with E-state index in [2.05, 4.69) is 62.7 Å². The van der Waals surface area contributed by atoms with Crippen molar-refractivity contribution < 1.29 is 18.6 Å². The normalized spacial score (nSPS) is 20.6. The molecule has 0 bridgehead atoms. The maximum Gasteiger partial charge on any atom is 0.330 e. The maximum absolute atomic E-state index is 13.3. The predicted molar refractivity (Wildman–Crippen MR) is 202 cm³/mol. The van der Waals surface area contributed by atoms with Gasteiger partial charge >= 0.3 is 5.69 Å². The van der Waals surface area contributed by atoms with Crippen LogP contribution in [0.25, 0.3) is 0 Å². The van der Waals surface area contributed by atoms with Crippen LogP contribution >= 0.6 is 8.53 Å². The first-order valence-corrected chi connectivity index (χ1v) is 20.3. The molecule has 4 rings (SSSR count). The second kappa shape index (κ2) is 16.4. The van der Waals surface area contributed by atoms with E-state index >= 15 is 0 Å². The number of nitrogens with one attached hydrogen (secondary N) is 1. The van der Waals surface area contributed by atoms with Gasteiger partial charge in [0.15, 0.2) is 0 Å². The first kappa shape index (κ1) is 39.6. The summed E-state index contributed by atoms with van der Waals surface area (Å²) in [4.78, 5) is 40.0. The van der Waals surface area contributed by atoms with Crippen LogP contribution in [0.1, 0.15) is 79.5 Å². The van der Waals surface area contributed by atoms with E-state index in [0.717, 1.165) is 10.4 Å². The molecule has 1 unspecified atom stereocenters. The first-order valence-electron chi connectivity index (χ1n) is 17.2. The van der Waals surface area contributed by atoms with Crippen LogP contribution in [0.15, 0.2) is 89.1 Å². The van der Waals surface area contributed by atoms with E-state index in [-0.39, 0.29) is 17.7 Å². The molecule has 1 aromatic heterocycles. The molecule has 1 aliphatic heterocycles. The van der Waals surface area contributed by atoms with Crippen LogP contribution < -0.4 is 21.6 Å². The quantitative estimate of drug-likeness (QED) is 0.113. The molecule has 2 aromatic carbocycles. The first-order chi connectivity index (χ1) is 23.6. The highest BCUT2D eigenvalue weighted by atomic mass is 31.2. The number of benzene rings is 2. The molecule has 1 fully saturated rings. The lowest BCUT2D eigenvalue weighted by Crippen LogP contribution is -2.67. The van der Waals surface area contributed by atoms with Gasteiger partial charge in [0.2, 0.25) is 0 Å². The number of aromatic nitrogens is 2. The largest absolute Gasteiger partial charge is 0.405 e. The van der Waals surface area contributed by atoms with Gasteiger partial charge in [-0.15, -0.1) is 6.58 Å². The molecule has 1 aliphatic rings. The van der Waals surface area contributed by atoms with Crippen LogP contribution in [0.3, 0.4) is 0 Å². The standard InChI is InChI=1S/C38H53N4O6PSi/c1-10-18-31-33(48-49(45)42(27(2)3)38(8,9)23-17-24-39)32(47-35(31)41-25-28(4)34(43)40-36(41)44)26-46-50(37(5,6)7,29-19-13-11-14-20-29)30-21-15-12-16-22-30/h10-16,19-22,25,27,31-33,35,45H,1,17-18,23,26H2,2-9H3,(H,40,43,44)/t31-,32-,33+,35-,49?/m1/s1. The van der Waals surface area contributed by atoms with Crippen molar-refractivity contribution in [3.05, 3.63) is 106 Å². The lowest BCUT2D eigenvalue weighted by molar-refractivity contribution is -0.0435. The number of aromatic amines is 1. The number of nitriles is 1. The van der Waals surface area contributed by atoms with E-state index in [1.165, 1.54) is 10.8 Å². The monoisotopic (exact) mass is 720 g/mol. The van der Waals surface area contributed by atoms with Crippen LogP contribution in [-0.2, 0) is 13.7 Å². The van der Waals surface area contributed by atoms with Gasteiger partial charge in [-0.05, 0) is 62.9 Å². The maximum atomic E-state index is 13.3. The van der Waals surface area contributed by atoms with E-state index in [1.54, 1.807) is 13.0 Å². The number of rotatable bonds is 15. The van der Waals surface area contributed by atoms with E-state index < -0.39 is 58.0 Å². The summed E-state index contributed by atoms with van der Waals surface area (Å²) in [6.45, 7) is 20.3. The van der Waals surface area contributed by atoms with Crippen molar-refractivity contribution in [2.24, 2.45) is 5.92 Å². The zero-order chi connectivity index (χ0) is 36.9. The molecule has 0 radical (unpaired) electrons. The van der Waals surface area contributed by atoms with Crippen molar-refractivity contribution in [1.29, 1.82) is 5.26 Å². The average molecular weight is 721 g/mol. The molecule has 2 N–H and O–H groups in total. The molecular formula is C38H53N4O6PSi. The zero-order valence-electron chi connectivity index (χ0n) is 30.6. The van der Waals surface area contributed by atoms with Gasteiger partial charge < -0.3 is 18.6 Å². The highest BCUT2D eigenvalue weighted by molar-refractivity contribution is 7.43. The zero-order valence-corrected chi connectivity index (χ0v) is 32.5. The molecule has 5 atom stereocenters. The van der Waals surface area contributed by atoms with Crippen LogP contribution in [0, 0.1) is 24.2 Å². The fraction of sp³-hybridized carbons (Fsp3) is 0.500. The molecule has 1 saturated heterocycles. The Balaban J connectivity index is 1.84. The molecule has 10 nitrogen and oxygen atoms in total. The highest BCUT2D eigenvalue weighted by Gasteiger charge is 2.54. The molecule has 270 valence electrons. The molecule has 0 spiro atoms. The number of hydrogen-bond donors (Lipinski definition) is 2. The summed E-state index contributed by atoms with van der Waals surface area (Å²) in [6.07, 6.45) is 2.27. The van der Waals surface area contributed by atoms with Crippen LogP contribution in [0.4, 0.5) is 0 Å². The summed E-state index contributed by atoms with van der Waals surface area (Å²) >= 11 is 0. The fourth-order valence-electron chi connectivity index (χ4n) is 7.30. The van der Waals surface area contributed by atoms with E-state index in [9.17, 15) is 19.7 Å². The van der Waals surface area contributed by atoms with Gasteiger partial charge in [0.05, 0.1) is 12.7 Å². The van der Waals surface area contributed by atoms with Gasteiger partial charge in [0.25, 0.3) is 22.4 Å². The predicted octanol–water partition coefficient (Wildman–Crippen LogP) is 5.91. The van der Waals surface area contributed by atoms with Crippen molar-refractivity contribution in [3.63, 3.8) is 0 Å². The van der Waals surface area contributed by atoms with Crippen LogP contribution in [-0.4, -0.2) is 57.8 Å². The lowest BCUT2D eigenvalue weighted by Gasteiger charge is -2.44. The van der Waals surface area contributed by atoms with Gasteiger partial charge in [0, 0.05) is 35.7 Å². The Morgan fingerprint density at radius 3 is 2.18 bits per heavy atom. The number of ether oxygens (including phenoxy) is 1. The minimum atomic E-state index is -3.01. The van der Waals surface area contributed by atoms with Gasteiger partial charge in [-0.25, -0.2) is 9.46 Å². The van der Waals surface area contributed by atoms with Crippen molar-refractivity contribution in [2.75, 3.05) is 6.61 Å². The molecule has 0 saturated carbocycles.